The van der Waals surface area contributed by atoms with Gasteiger partial charge in [-0.25, -0.2) is 9.97 Å². The number of carbonyl (C=O) groups is 1. The van der Waals surface area contributed by atoms with Crippen LogP contribution >= 0.6 is 0 Å². The average molecular weight is 418 g/mol. The Morgan fingerprint density at radius 2 is 2.00 bits per heavy atom. The highest BCUT2D eigenvalue weighted by Crippen LogP contribution is 2.23. The van der Waals surface area contributed by atoms with Gasteiger partial charge < -0.3 is 14.6 Å². The zero-order valence-electron chi connectivity index (χ0n) is 17.3. The summed E-state index contributed by atoms with van der Waals surface area (Å²) in [6.45, 7) is 4.89. The van der Waals surface area contributed by atoms with Gasteiger partial charge in [0.2, 0.25) is 0 Å². The molecule has 4 aromatic rings. The first-order valence-corrected chi connectivity index (χ1v) is 10.00. The standard InChI is InChI=1S/C22H22N6O3/c1-3-19-26-22(31-27-19)17-6-5-11-23-20(17)28-13-18(25-14-28)21(29)24-12-15-7-9-16(10-8-15)30-4-2/h5-11,13-14H,3-4,12H2,1-2H3,(H,24,29). The van der Waals surface area contributed by atoms with Gasteiger partial charge in [0.05, 0.1) is 12.2 Å². The van der Waals surface area contributed by atoms with E-state index in [4.69, 9.17) is 9.26 Å². The van der Waals surface area contributed by atoms with Gasteiger partial charge in [-0.15, -0.1) is 0 Å². The van der Waals surface area contributed by atoms with Gasteiger partial charge >= 0.3 is 0 Å². The molecule has 0 saturated carbocycles. The fourth-order valence-electron chi connectivity index (χ4n) is 2.98. The molecule has 1 N–H and O–H groups in total. The van der Waals surface area contributed by atoms with Crippen LogP contribution in [-0.2, 0) is 13.0 Å². The molecule has 0 aliphatic rings. The van der Waals surface area contributed by atoms with Crippen molar-refractivity contribution in [3.05, 3.63) is 72.2 Å². The second-order valence-electron chi connectivity index (χ2n) is 6.67. The number of aromatic nitrogens is 5. The Morgan fingerprint density at radius 1 is 1.16 bits per heavy atom. The number of carbonyl (C=O) groups excluding carboxylic acids is 1. The van der Waals surface area contributed by atoms with Crippen LogP contribution in [0, 0.1) is 0 Å². The van der Waals surface area contributed by atoms with E-state index in [1.165, 1.54) is 6.33 Å². The Balaban J connectivity index is 1.47. The molecular formula is C22H22N6O3. The van der Waals surface area contributed by atoms with Gasteiger partial charge in [-0.2, -0.15) is 4.98 Å². The molecule has 0 aliphatic carbocycles. The van der Waals surface area contributed by atoms with Gasteiger partial charge in [-0.1, -0.05) is 24.2 Å². The molecule has 0 radical (unpaired) electrons. The number of nitrogens with one attached hydrogen (secondary N) is 1. The van der Waals surface area contributed by atoms with Crippen molar-refractivity contribution in [3.8, 4) is 23.0 Å². The van der Waals surface area contributed by atoms with Gasteiger partial charge in [0.15, 0.2) is 11.6 Å². The highest BCUT2D eigenvalue weighted by atomic mass is 16.5. The largest absolute Gasteiger partial charge is 0.494 e. The van der Waals surface area contributed by atoms with Gasteiger partial charge in [0.1, 0.15) is 17.8 Å². The molecule has 0 unspecified atom stereocenters. The molecule has 1 aromatic carbocycles. The van der Waals surface area contributed by atoms with E-state index in [9.17, 15) is 4.79 Å². The molecule has 4 rings (SSSR count). The fourth-order valence-corrected chi connectivity index (χ4v) is 2.98. The first kappa shape index (κ1) is 20.3. The molecule has 9 heteroatoms. The number of hydrogen-bond acceptors (Lipinski definition) is 7. The number of ether oxygens (including phenoxy) is 1. The quantitative estimate of drug-likeness (QED) is 0.468. The monoisotopic (exact) mass is 418 g/mol. The summed E-state index contributed by atoms with van der Waals surface area (Å²) in [5.41, 5.74) is 1.90. The van der Waals surface area contributed by atoms with Crippen LogP contribution in [-0.4, -0.2) is 37.2 Å². The summed E-state index contributed by atoms with van der Waals surface area (Å²) in [6.07, 6.45) is 5.48. The van der Waals surface area contributed by atoms with Crippen LogP contribution in [0.3, 0.4) is 0 Å². The molecule has 9 nitrogen and oxygen atoms in total. The van der Waals surface area contributed by atoms with E-state index >= 15 is 0 Å². The third-order valence-corrected chi connectivity index (χ3v) is 4.55. The third-order valence-electron chi connectivity index (χ3n) is 4.55. The van der Waals surface area contributed by atoms with E-state index in [1.54, 1.807) is 23.0 Å². The maximum atomic E-state index is 12.6. The van der Waals surface area contributed by atoms with Crippen LogP contribution in [0.2, 0.25) is 0 Å². The van der Waals surface area contributed by atoms with Crippen molar-refractivity contribution < 1.29 is 14.1 Å². The molecule has 0 atom stereocenters. The summed E-state index contributed by atoms with van der Waals surface area (Å²) < 4.78 is 12.4. The number of nitrogens with zero attached hydrogens (tertiary/aromatic N) is 5. The van der Waals surface area contributed by atoms with Crippen molar-refractivity contribution in [2.24, 2.45) is 0 Å². The lowest BCUT2D eigenvalue weighted by atomic mass is 10.2. The minimum absolute atomic E-state index is 0.280. The van der Waals surface area contributed by atoms with Gasteiger partial charge in [0.25, 0.3) is 11.8 Å². The Labute approximate surface area is 179 Å². The number of hydrogen-bond donors (Lipinski definition) is 1. The lowest BCUT2D eigenvalue weighted by Crippen LogP contribution is -2.23. The maximum absolute atomic E-state index is 12.6. The molecule has 0 fully saturated rings. The zero-order chi connectivity index (χ0) is 21.6. The number of benzene rings is 1. The lowest BCUT2D eigenvalue weighted by Gasteiger charge is -2.06. The molecule has 31 heavy (non-hydrogen) atoms. The number of amides is 1. The Hall–Kier alpha value is -4.01. The van der Waals surface area contributed by atoms with Crippen LogP contribution in [0.1, 0.15) is 35.7 Å². The number of rotatable bonds is 8. The molecule has 0 bridgehead atoms. The molecule has 3 aromatic heterocycles. The van der Waals surface area contributed by atoms with E-state index in [-0.39, 0.29) is 11.6 Å². The second kappa shape index (κ2) is 9.21. The van der Waals surface area contributed by atoms with E-state index in [0.717, 1.165) is 11.3 Å². The van der Waals surface area contributed by atoms with Crippen molar-refractivity contribution in [1.29, 1.82) is 0 Å². The Morgan fingerprint density at radius 3 is 2.74 bits per heavy atom. The molecule has 0 aliphatic heterocycles. The molecule has 0 spiro atoms. The second-order valence-corrected chi connectivity index (χ2v) is 6.67. The first-order valence-electron chi connectivity index (χ1n) is 10.00. The Kier molecular flexibility index (Phi) is 6.02. The minimum atomic E-state index is -0.281. The van der Waals surface area contributed by atoms with E-state index < -0.39 is 0 Å². The fraction of sp³-hybridized carbons (Fsp3) is 0.227. The first-order chi connectivity index (χ1) is 15.2. The smallest absolute Gasteiger partial charge is 0.271 e. The molecule has 158 valence electrons. The maximum Gasteiger partial charge on any atom is 0.271 e. The number of imidazole rings is 1. The van der Waals surface area contributed by atoms with Crippen molar-refractivity contribution >= 4 is 5.91 Å². The van der Waals surface area contributed by atoms with E-state index in [0.29, 0.717) is 42.7 Å². The van der Waals surface area contributed by atoms with E-state index in [2.05, 4.69) is 25.4 Å². The van der Waals surface area contributed by atoms with Crippen molar-refractivity contribution in [2.75, 3.05) is 6.61 Å². The minimum Gasteiger partial charge on any atom is -0.494 e. The molecule has 0 saturated heterocycles. The number of aryl methyl sites for hydroxylation is 1. The van der Waals surface area contributed by atoms with Crippen LogP contribution in [0.4, 0.5) is 0 Å². The molecule has 1 amide bonds. The highest BCUT2D eigenvalue weighted by Gasteiger charge is 2.17. The lowest BCUT2D eigenvalue weighted by molar-refractivity contribution is 0.0946. The Bertz CT molecular complexity index is 1170. The average Bonchev–Trinajstić information content (AvgIpc) is 3.49. The topological polar surface area (TPSA) is 108 Å². The van der Waals surface area contributed by atoms with Crippen LogP contribution in [0.15, 0.2) is 59.6 Å². The summed E-state index contributed by atoms with van der Waals surface area (Å²) in [4.78, 5) is 25.5. The van der Waals surface area contributed by atoms with Crippen LogP contribution < -0.4 is 10.1 Å². The molecule has 3 heterocycles. The predicted octanol–water partition coefficient (Wildman–Crippen LogP) is 3.21. The summed E-state index contributed by atoms with van der Waals surface area (Å²) in [5.74, 6) is 2.05. The molecular weight excluding hydrogens is 396 g/mol. The summed E-state index contributed by atoms with van der Waals surface area (Å²) in [7, 11) is 0. The summed E-state index contributed by atoms with van der Waals surface area (Å²) >= 11 is 0. The van der Waals surface area contributed by atoms with Crippen molar-refractivity contribution in [3.63, 3.8) is 0 Å². The van der Waals surface area contributed by atoms with Gasteiger partial charge in [-0.05, 0) is 36.8 Å². The predicted molar refractivity (Wildman–Crippen MR) is 113 cm³/mol. The highest BCUT2D eigenvalue weighted by molar-refractivity contribution is 5.92. The summed E-state index contributed by atoms with van der Waals surface area (Å²) in [6, 6.07) is 11.2. The van der Waals surface area contributed by atoms with Crippen LogP contribution in [0.25, 0.3) is 17.3 Å². The van der Waals surface area contributed by atoms with Crippen molar-refractivity contribution in [2.45, 2.75) is 26.8 Å². The van der Waals surface area contributed by atoms with Gasteiger partial charge in [-0.3, -0.25) is 9.36 Å². The number of pyridine rings is 1. The van der Waals surface area contributed by atoms with Crippen LogP contribution in [0.5, 0.6) is 5.75 Å². The SMILES string of the molecule is CCOc1ccc(CNC(=O)c2cn(-c3ncccc3-c3nc(CC)no3)cn2)cc1. The zero-order valence-corrected chi connectivity index (χ0v) is 17.3. The summed E-state index contributed by atoms with van der Waals surface area (Å²) in [5, 5.41) is 6.81. The van der Waals surface area contributed by atoms with Gasteiger partial charge in [0, 0.05) is 25.4 Å². The normalized spacial score (nSPS) is 10.8. The van der Waals surface area contributed by atoms with Crippen molar-refractivity contribution in [1.82, 2.24) is 30.0 Å². The third kappa shape index (κ3) is 4.61. The van der Waals surface area contributed by atoms with E-state index in [1.807, 2.05) is 44.2 Å².